The predicted molar refractivity (Wildman–Crippen MR) is 107 cm³/mol. The zero-order chi connectivity index (χ0) is 20.8. The quantitative estimate of drug-likeness (QED) is 0.454. The summed E-state index contributed by atoms with van der Waals surface area (Å²) in [6, 6.07) is 7.26. The number of ether oxygens (including phenoxy) is 1. The van der Waals surface area contributed by atoms with E-state index in [1.165, 1.54) is 18.5 Å². The summed E-state index contributed by atoms with van der Waals surface area (Å²) in [5.41, 5.74) is 4.01. The van der Waals surface area contributed by atoms with Crippen LogP contribution in [0.5, 0.6) is 5.88 Å². The Labute approximate surface area is 169 Å². The monoisotopic (exact) mass is 406 g/mol. The lowest BCUT2D eigenvalue weighted by Crippen LogP contribution is -2.04. The lowest BCUT2D eigenvalue weighted by Gasteiger charge is -2.10. The van der Waals surface area contributed by atoms with Crippen molar-refractivity contribution in [2.75, 3.05) is 7.11 Å². The molecule has 0 atom stereocenters. The van der Waals surface area contributed by atoms with Gasteiger partial charge in [0.05, 0.1) is 30.0 Å². The SMILES string of the molecule is COc1ncnc2ccn(-c3cnc4nc(C)n(Cc5cc(F)cc(F)c5)c4c3)c12. The molecule has 4 heterocycles. The van der Waals surface area contributed by atoms with Crippen molar-refractivity contribution in [3.8, 4) is 11.6 Å². The van der Waals surface area contributed by atoms with Gasteiger partial charge in [0.2, 0.25) is 5.88 Å². The minimum atomic E-state index is -0.614. The molecule has 5 rings (SSSR count). The molecule has 0 saturated carbocycles. The van der Waals surface area contributed by atoms with Crippen molar-refractivity contribution in [1.29, 1.82) is 0 Å². The van der Waals surface area contributed by atoms with E-state index in [1.807, 2.05) is 34.4 Å². The fourth-order valence-corrected chi connectivity index (χ4v) is 3.63. The first-order valence-corrected chi connectivity index (χ1v) is 9.18. The summed E-state index contributed by atoms with van der Waals surface area (Å²) in [5.74, 6) is -0.0868. The van der Waals surface area contributed by atoms with Crippen molar-refractivity contribution in [3.63, 3.8) is 0 Å². The summed E-state index contributed by atoms with van der Waals surface area (Å²) in [7, 11) is 1.55. The minimum Gasteiger partial charge on any atom is -0.479 e. The molecule has 30 heavy (non-hydrogen) atoms. The molecular weight excluding hydrogens is 390 g/mol. The van der Waals surface area contributed by atoms with Gasteiger partial charge in [0.15, 0.2) is 5.65 Å². The molecule has 4 aromatic heterocycles. The van der Waals surface area contributed by atoms with Gasteiger partial charge in [0.25, 0.3) is 0 Å². The first-order chi connectivity index (χ1) is 14.5. The van der Waals surface area contributed by atoms with Crippen LogP contribution in [0.4, 0.5) is 8.78 Å². The van der Waals surface area contributed by atoms with E-state index in [4.69, 9.17) is 4.74 Å². The van der Waals surface area contributed by atoms with Crippen molar-refractivity contribution >= 4 is 22.2 Å². The predicted octanol–water partition coefficient (Wildman–Crippen LogP) is 3.81. The van der Waals surface area contributed by atoms with Crippen molar-refractivity contribution in [2.45, 2.75) is 13.5 Å². The van der Waals surface area contributed by atoms with Crippen LogP contribution in [0.15, 0.2) is 49.1 Å². The van der Waals surface area contributed by atoms with Crippen LogP contribution in [-0.4, -0.2) is 36.2 Å². The molecule has 0 aliphatic heterocycles. The summed E-state index contributed by atoms with van der Waals surface area (Å²) in [5, 5.41) is 0. The van der Waals surface area contributed by atoms with Gasteiger partial charge in [0.1, 0.15) is 29.3 Å². The van der Waals surface area contributed by atoms with E-state index < -0.39 is 11.6 Å². The fraction of sp³-hybridized carbons (Fsp3) is 0.143. The number of fused-ring (bicyclic) bond motifs is 2. The highest BCUT2D eigenvalue weighted by molar-refractivity contribution is 5.83. The molecular formula is C21H16F2N6O. The van der Waals surface area contributed by atoms with Gasteiger partial charge in [-0.05, 0) is 36.8 Å². The molecule has 0 unspecified atom stereocenters. The molecule has 7 nitrogen and oxygen atoms in total. The third-order valence-electron chi connectivity index (χ3n) is 4.96. The number of imidazole rings is 1. The van der Waals surface area contributed by atoms with Crippen molar-refractivity contribution in [1.82, 2.24) is 29.1 Å². The number of rotatable bonds is 4. The van der Waals surface area contributed by atoms with E-state index in [-0.39, 0.29) is 6.54 Å². The number of aromatic nitrogens is 6. The molecule has 0 bridgehead atoms. The summed E-state index contributed by atoms with van der Waals surface area (Å²) in [6.45, 7) is 2.10. The normalized spacial score (nSPS) is 11.5. The Balaban J connectivity index is 1.66. The third-order valence-corrected chi connectivity index (χ3v) is 4.96. The summed E-state index contributed by atoms with van der Waals surface area (Å²) >= 11 is 0. The zero-order valence-corrected chi connectivity index (χ0v) is 16.2. The lowest BCUT2D eigenvalue weighted by atomic mass is 10.2. The van der Waals surface area contributed by atoms with Gasteiger partial charge in [-0.1, -0.05) is 0 Å². The smallest absolute Gasteiger partial charge is 0.241 e. The molecule has 9 heteroatoms. The Morgan fingerprint density at radius 3 is 2.60 bits per heavy atom. The van der Waals surface area contributed by atoms with E-state index >= 15 is 0 Å². The summed E-state index contributed by atoms with van der Waals surface area (Å²) < 4.78 is 36.4. The number of aryl methyl sites for hydroxylation is 1. The second kappa shape index (κ2) is 6.87. The van der Waals surface area contributed by atoms with E-state index in [0.29, 0.717) is 22.9 Å². The van der Waals surface area contributed by atoms with Crippen LogP contribution in [0.1, 0.15) is 11.4 Å². The van der Waals surface area contributed by atoms with Gasteiger partial charge < -0.3 is 13.9 Å². The Morgan fingerprint density at radius 1 is 1.03 bits per heavy atom. The van der Waals surface area contributed by atoms with Gasteiger partial charge in [-0.3, -0.25) is 0 Å². The zero-order valence-electron chi connectivity index (χ0n) is 16.2. The van der Waals surface area contributed by atoms with Crippen molar-refractivity contribution < 1.29 is 13.5 Å². The number of hydrogen-bond donors (Lipinski definition) is 0. The number of pyridine rings is 1. The fourth-order valence-electron chi connectivity index (χ4n) is 3.63. The summed E-state index contributed by atoms with van der Waals surface area (Å²) in [6.07, 6.45) is 5.01. The van der Waals surface area contributed by atoms with Crippen LogP contribution in [0.25, 0.3) is 27.9 Å². The van der Waals surface area contributed by atoms with Crippen molar-refractivity contribution in [3.05, 3.63) is 72.1 Å². The van der Waals surface area contributed by atoms with Crippen LogP contribution in [0, 0.1) is 18.6 Å². The molecule has 0 aliphatic carbocycles. The van der Waals surface area contributed by atoms with Gasteiger partial charge in [-0.2, -0.15) is 4.98 Å². The third kappa shape index (κ3) is 2.95. The molecule has 150 valence electrons. The largest absolute Gasteiger partial charge is 0.479 e. The van der Waals surface area contributed by atoms with Gasteiger partial charge >= 0.3 is 0 Å². The molecule has 0 amide bonds. The average molecular weight is 406 g/mol. The molecule has 0 aliphatic rings. The maximum atomic E-state index is 13.6. The standard InChI is InChI=1S/C21H16F2N6O/c1-12-27-20-18(29(12)10-13-5-14(22)7-15(23)6-13)8-16(9-24-20)28-4-3-17-19(28)21(30-2)26-11-25-17/h3-9,11H,10H2,1-2H3. The molecule has 0 fully saturated rings. The maximum absolute atomic E-state index is 13.6. The van der Waals surface area contributed by atoms with Gasteiger partial charge in [-0.15, -0.1) is 0 Å². The Hall–Kier alpha value is -3.88. The van der Waals surface area contributed by atoms with E-state index in [1.54, 1.807) is 13.3 Å². The highest BCUT2D eigenvalue weighted by Crippen LogP contribution is 2.27. The van der Waals surface area contributed by atoms with Gasteiger partial charge in [0, 0.05) is 18.8 Å². The number of methoxy groups -OCH3 is 1. The highest BCUT2D eigenvalue weighted by atomic mass is 19.1. The number of benzene rings is 1. The van der Waals surface area contributed by atoms with Crippen molar-refractivity contribution in [2.24, 2.45) is 0 Å². The second-order valence-corrected chi connectivity index (χ2v) is 6.86. The van der Waals surface area contributed by atoms with Gasteiger partial charge in [-0.25, -0.2) is 23.7 Å². The Morgan fingerprint density at radius 2 is 1.83 bits per heavy atom. The van der Waals surface area contributed by atoms with E-state index in [2.05, 4.69) is 19.9 Å². The van der Waals surface area contributed by atoms with E-state index in [0.717, 1.165) is 28.3 Å². The Kier molecular flexibility index (Phi) is 4.16. The lowest BCUT2D eigenvalue weighted by molar-refractivity contribution is 0.401. The number of halogens is 2. The maximum Gasteiger partial charge on any atom is 0.241 e. The van der Waals surface area contributed by atoms with E-state index in [9.17, 15) is 8.78 Å². The molecule has 0 radical (unpaired) electrons. The van der Waals surface area contributed by atoms with Crippen LogP contribution in [0.3, 0.4) is 0 Å². The van der Waals surface area contributed by atoms with Crippen LogP contribution in [-0.2, 0) is 6.54 Å². The number of nitrogens with zero attached hydrogens (tertiary/aromatic N) is 6. The first kappa shape index (κ1) is 18.2. The number of hydrogen-bond acceptors (Lipinski definition) is 5. The van der Waals surface area contributed by atoms with Crippen LogP contribution >= 0.6 is 0 Å². The summed E-state index contributed by atoms with van der Waals surface area (Å²) in [4.78, 5) is 17.4. The molecule has 1 aromatic carbocycles. The average Bonchev–Trinajstić information content (AvgIpc) is 3.28. The highest BCUT2D eigenvalue weighted by Gasteiger charge is 2.15. The molecule has 0 spiro atoms. The molecule has 0 saturated heterocycles. The van der Waals surface area contributed by atoms with Crippen LogP contribution in [0.2, 0.25) is 0 Å². The second-order valence-electron chi connectivity index (χ2n) is 6.86. The topological polar surface area (TPSA) is 70.7 Å². The minimum absolute atomic E-state index is 0.265. The Bertz CT molecular complexity index is 1390. The molecule has 0 N–H and O–H groups in total. The molecule has 5 aromatic rings. The van der Waals surface area contributed by atoms with Crippen LogP contribution < -0.4 is 4.74 Å². The first-order valence-electron chi connectivity index (χ1n) is 9.18.